The van der Waals surface area contributed by atoms with Crippen LogP contribution in [-0.4, -0.2) is 59.1 Å². The van der Waals surface area contributed by atoms with E-state index in [0.717, 1.165) is 11.3 Å². The van der Waals surface area contributed by atoms with Crippen LogP contribution in [-0.2, 0) is 31.5 Å². The van der Waals surface area contributed by atoms with E-state index < -0.39 is 25.0 Å². The molecule has 0 saturated carbocycles. The molecule has 0 spiro atoms. The fourth-order valence-corrected chi connectivity index (χ4v) is 1.07. The predicted octanol–water partition coefficient (Wildman–Crippen LogP) is -1.02. The van der Waals surface area contributed by atoms with Crippen molar-refractivity contribution in [3.05, 3.63) is 0 Å². The number of hydrogen-bond acceptors (Lipinski definition) is 4. The van der Waals surface area contributed by atoms with Gasteiger partial charge in [-0.1, -0.05) is 6.92 Å². The zero-order valence-electron chi connectivity index (χ0n) is 9.46. The van der Waals surface area contributed by atoms with Crippen molar-refractivity contribution in [2.24, 2.45) is 0 Å². The topological polar surface area (TPSA) is 107 Å². The zero-order chi connectivity index (χ0) is 12.6. The van der Waals surface area contributed by atoms with Gasteiger partial charge in [0.15, 0.2) is 0 Å². The number of hydrogen-bond donors (Lipinski definition) is 3. The van der Waals surface area contributed by atoms with E-state index >= 15 is 0 Å². The van der Waals surface area contributed by atoms with E-state index in [4.69, 9.17) is 10.2 Å². The van der Waals surface area contributed by atoms with Gasteiger partial charge in [0.2, 0.25) is 5.91 Å². The molecule has 0 fully saturated rings. The Morgan fingerprint density at radius 2 is 1.53 bits per heavy atom. The first-order chi connectivity index (χ1) is 7.45. The molecule has 0 heterocycles. The maximum absolute atomic E-state index is 11.2. The molecule has 0 saturated heterocycles. The molecule has 0 rings (SSSR count). The van der Waals surface area contributed by atoms with Crippen LogP contribution in [0.15, 0.2) is 0 Å². The predicted molar refractivity (Wildman–Crippen MR) is 55.0 cm³/mol. The van der Waals surface area contributed by atoms with Crippen LogP contribution in [0.2, 0.25) is 0 Å². The molecule has 8 heteroatoms. The first-order valence-corrected chi connectivity index (χ1v) is 4.88. The Morgan fingerprint density at radius 1 is 1.06 bits per heavy atom. The van der Waals surface area contributed by atoms with Crippen LogP contribution in [0.25, 0.3) is 0 Å². The SMILES string of the molecule is CCCNC(=O)CN(CC(=O)O)CC(=O)O.[Fe]. The molecule has 7 nitrogen and oxygen atoms in total. The maximum atomic E-state index is 11.2. The summed E-state index contributed by atoms with van der Waals surface area (Å²) in [5.74, 6) is -2.70. The minimum atomic E-state index is -1.16. The number of carboxylic acid groups (broad SMARTS) is 2. The second kappa shape index (κ2) is 10.1. The molecule has 0 aromatic carbocycles. The molecule has 0 aromatic heterocycles. The van der Waals surface area contributed by atoms with E-state index in [-0.39, 0.29) is 29.5 Å². The smallest absolute Gasteiger partial charge is 0.317 e. The number of rotatable bonds is 8. The van der Waals surface area contributed by atoms with Gasteiger partial charge in [0, 0.05) is 23.6 Å². The molecule has 1 amide bonds. The Morgan fingerprint density at radius 3 is 1.88 bits per heavy atom. The second-order valence-electron chi connectivity index (χ2n) is 3.28. The van der Waals surface area contributed by atoms with Gasteiger partial charge in [-0.2, -0.15) is 0 Å². The van der Waals surface area contributed by atoms with Gasteiger partial charge in [-0.05, 0) is 6.42 Å². The number of carboxylic acids is 2. The van der Waals surface area contributed by atoms with Crippen molar-refractivity contribution in [1.29, 1.82) is 0 Å². The fourth-order valence-electron chi connectivity index (χ4n) is 1.07. The first kappa shape index (κ1) is 18.3. The standard InChI is InChI=1S/C9H16N2O5.Fe/c1-2-3-10-7(12)4-11(5-8(13)14)6-9(15)16;/h2-6H2,1H3,(H,10,12)(H,13,14)(H,15,16);. The van der Waals surface area contributed by atoms with Crippen LogP contribution in [0, 0.1) is 0 Å². The van der Waals surface area contributed by atoms with E-state index in [1.165, 1.54) is 0 Å². The molecule has 0 bridgehead atoms. The molecule has 0 atom stereocenters. The van der Waals surface area contributed by atoms with Gasteiger partial charge in [-0.3, -0.25) is 19.3 Å². The molecule has 0 aliphatic heterocycles. The van der Waals surface area contributed by atoms with Crippen LogP contribution in [0.3, 0.4) is 0 Å². The summed E-state index contributed by atoms with van der Waals surface area (Å²) in [6.07, 6.45) is 0.767. The monoisotopic (exact) mass is 288 g/mol. The van der Waals surface area contributed by atoms with E-state index in [0.29, 0.717) is 6.54 Å². The van der Waals surface area contributed by atoms with Crippen molar-refractivity contribution in [3.63, 3.8) is 0 Å². The van der Waals surface area contributed by atoms with Crippen molar-refractivity contribution in [1.82, 2.24) is 10.2 Å². The van der Waals surface area contributed by atoms with E-state index in [1.807, 2.05) is 6.92 Å². The maximum Gasteiger partial charge on any atom is 0.317 e. The Hall–Kier alpha value is -1.11. The molecule has 17 heavy (non-hydrogen) atoms. The Bertz CT molecular complexity index is 256. The minimum Gasteiger partial charge on any atom is -0.480 e. The molecular formula is C9H16FeN2O5. The van der Waals surface area contributed by atoms with Crippen molar-refractivity contribution < 1.29 is 41.7 Å². The van der Waals surface area contributed by atoms with Gasteiger partial charge in [-0.15, -0.1) is 0 Å². The largest absolute Gasteiger partial charge is 0.480 e. The number of carbonyl (C=O) groups excluding carboxylic acids is 1. The third-order valence-electron chi connectivity index (χ3n) is 1.66. The summed E-state index contributed by atoms with van der Waals surface area (Å²) in [5, 5.41) is 19.6. The quantitative estimate of drug-likeness (QED) is 0.494. The van der Waals surface area contributed by atoms with Gasteiger partial charge in [0.25, 0.3) is 0 Å². The van der Waals surface area contributed by atoms with Crippen LogP contribution in [0.5, 0.6) is 0 Å². The van der Waals surface area contributed by atoms with Crippen LogP contribution in [0.4, 0.5) is 0 Å². The zero-order valence-corrected chi connectivity index (χ0v) is 10.6. The third kappa shape index (κ3) is 11.2. The summed E-state index contributed by atoms with van der Waals surface area (Å²) < 4.78 is 0. The van der Waals surface area contributed by atoms with Crippen LogP contribution in [0.1, 0.15) is 13.3 Å². The summed E-state index contributed by atoms with van der Waals surface area (Å²) in [4.78, 5) is 33.1. The van der Waals surface area contributed by atoms with Crippen molar-refractivity contribution >= 4 is 17.8 Å². The minimum absolute atomic E-state index is 0. The number of carbonyl (C=O) groups is 3. The summed E-state index contributed by atoms with van der Waals surface area (Å²) in [5.41, 5.74) is 0. The van der Waals surface area contributed by atoms with Crippen molar-refractivity contribution in [2.75, 3.05) is 26.2 Å². The summed E-state index contributed by atoms with van der Waals surface area (Å²) in [6, 6.07) is 0. The molecule has 0 radical (unpaired) electrons. The molecule has 0 unspecified atom stereocenters. The fraction of sp³-hybridized carbons (Fsp3) is 0.667. The molecule has 3 N–H and O–H groups in total. The normalized spacial score (nSPS) is 9.53. The molecule has 100 valence electrons. The van der Waals surface area contributed by atoms with E-state index in [2.05, 4.69) is 5.32 Å². The number of amides is 1. The summed E-state index contributed by atoms with van der Waals surface area (Å²) in [7, 11) is 0. The Labute approximate surface area is 110 Å². The molecule has 0 aliphatic carbocycles. The average molecular weight is 288 g/mol. The second-order valence-corrected chi connectivity index (χ2v) is 3.28. The summed E-state index contributed by atoms with van der Waals surface area (Å²) >= 11 is 0. The molecule has 0 aliphatic rings. The van der Waals surface area contributed by atoms with E-state index in [1.54, 1.807) is 0 Å². The molecule has 0 aromatic rings. The Balaban J connectivity index is 0. The van der Waals surface area contributed by atoms with Gasteiger partial charge in [0.05, 0.1) is 19.6 Å². The van der Waals surface area contributed by atoms with E-state index in [9.17, 15) is 14.4 Å². The van der Waals surface area contributed by atoms with Gasteiger partial charge < -0.3 is 15.5 Å². The van der Waals surface area contributed by atoms with Gasteiger partial charge in [-0.25, -0.2) is 0 Å². The van der Waals surface area contributed by atoms with Gasteiger partial charge >= 0.3 is 11.9 Å². The Kier molecular flexibility index (Phi) is 10.8. The average Bonchev–Trinajstić information content (AvgIpc) is 2.12. The van der Waals surface area contributed by atoms with Crippen LogP contribution < -0.4 is 5.32 Å². The molecular weight excluding hydrogens is 272 g/mol. The number of aliphatic carboxylic acids is 2. The van der Waals surface area contributed by atoms with Crippen LogP contribution >= 0.6 is 0 Å². The van der Waals surface area contributed by atoms with Gasteiger partial charge in [0.1, 0.15) is 0 Å². The van der Waals surface area contributed by atoms with Crippen molar-refractivity contribution in [2.45, 2.75) is 13.3 Å². The third-order valence-corrected chi connectivity index (χ3v) is 1.66. The van der Waals surface area contributed by atoms with Crippen molar-refractivity contribution in [3.8, 4) is 0 Å². The first-order valence-electron chi connectivity index (χ1n) is 4.88. The summed E-state index contributed by atoms with van der Waals surface area (Å²) in [6.45, 7) is 1.22. The number of nitrogens with one attached hydrogen (secondary N) is 1. The number of nitrogens with zero attached hydrogens (tertiary/aromatic N) is 1.